The number of rotatable bonds is 3. The van der Waals surface area contributed by atoms with Crippen molar-refractivity contribution in [3.05, 3.63) is 69.6 Å². The Morgan fingerprint density at radius 2 is 2.00 bits per heavy atom. The van der Waals surface area contributed by atoms with Crippen molar-refractivity contribution in [3.8, 4) is 0 Å². The monoisotopic (exact) mass is 368 g/mol. The summed E-state index contributed by atoms with van der Waals surface area (Å²) in [6.45, 7) is 5.72. The molecule has 1 N–H and O–H groups in total. The van der Waals surface area contributed by atoms with E-state index >= 15 is 0 Å². The molecule has 6 heteroatoms. The summed E-state index contributed by atoms with van der Waals surface area (Å²) in [6, 6.07) is 15.2. The van der Waals surface area contributed by atoms with Crippen LogP contribution in [0.4, 0.5) is 5.69 Å². The summed E-state index contributed by atoms with van der Waals surface area (Å²) in [5.41, 5.74) is 1.72. The van der Waals surface area contributed by atoms with E-state index in [9.17, 15) is 4.79 Å². The number of fused-ring (bicyclic) bond motifs is 1. The molecule has 0 radical (unpaired) electrons. The van der Waals surface area contributed by atoms with Crippen molar-refractivity contribution >= 4 is 28.1 Å². The van der Waals surface area contributed by atoms with Crippen molar-refractivity contribution in [2.45, 2.75) is 19.5 Å². The Morgan fingerprint density at radius 3 is 2.85 bits per heavy atom. The van der Waals surface area contributed by atoms with Crippen LogP contribution in [0.5, 0.6) is 0 Å². The Balaban J connectivity index is 1.52. The molecule has 134 valence electrons. The van der Waals surface area contributed by atoms with Crippen LogP contribution in [0.15, 0.2) is 53.5 Å². The molecule has 5 nitrogen and oxygen atoms in total. The number of benzene rings is 2. The number of piperazine rings is 1. The first-order valence-electron chi connectivity index (χ1n) is 8.82. The molecule has 2 aromatic carbocycles. The van der Waals surface area contributed by atoms with Crippen molar-refractivity contribution in [1.82, 2.24) is 15.1 Å². The molecule has 0 aliphatic carbocycles. The topological polar surface area (TPSA) is 52.2 Å². The van der Waals surface area contributed by atoms with Gasteiger partial charge in [0, 0.05) is 32.2 Å². The van der Waals surface area contributed by atoms with Gasteiger partial charge >= 0.3 is 0 Å². The molecule has 3 aromatic rings. The maximum Gasteiger partial charge on any atom is 0.285 e. The molecule has 1 aromatic heterocycles. The number of hydrogen-bond donors (Lipinski definition) is 1. The number of nitrogens with one attached hydrogen (secondary N) is 1. The van der Waals surface area contributed by atoms with Gasteiger partial charge in [0.05, 0.1) is 11.9 Å². The van der Waals surface area contributed by atoms with E-state index in [0.717, 1.165) is 26.2 Å². The van der Waals surface area contributed by atoms with Gasteiger partial charge in [-0.15, -0.1) is 0 Å². The van der Waals surface area contributed by atoms with Crippen LogP contribution in [0, 0.1) is 0 Å². The summed E-state index contributed by atoms with van der Waals surface area (Å²) in [4.78, 5) is 16.4. The third kappa shape index (κ3) is 3.20. The fraction of sp³-hybridized carbons (Fsp3) is 0.300. The van der Waals surface area contributed by atoms with Gasteiger partial charge in [-0.3, -0.25) is 9.69 Å². The zero-order valence-corrected chi connectivity index (χ0v) is 15.4. The molecule has 4 rings (SSSR count). The Hall–Kier alpha value is -2.37. The number of anilines is 1. The minimum Gasteiger partial charge on any atom is -0.364 e. The number of H-pyrrole nitrogens is 1. The van der Waals surface area contributed by atoms with E-state index in [4.69, 9.17) is 11.6 Å². The lowest BCUT2D eigenvalue weighted by atomic mass is 10.0. The molecule has 1 aliphatic rings. The fourth-order valence-corrected chi connectivity index (χ4v) is 3.98. The normalized spacial score (nSPS) is 18.4. The van der Waals surface area contributed by atoms with Gasteiger partial charge in [-0.2, -0.15) is 5.10 Å². The van der Waals surface area contributed by atoms with Crippen LogP contribution < -0.4 is 10.5 Å². The number of hydrogen-bond acceptors (Lipinski definition) is 4. The van der Waals surface area contributed by atoms with Crippen LogP contribution in [0.25, 0.3) is 10.8 Å². The van der Waals surface area contributed by atoms with Gasteiger partial charge in [0.1, 0.15) is 5.02 Å². The smallest absolute Gasteiger partial charge is 0.285 e. The maximum atomic E-state index is 11.7. The van der Waals surface area contributed by atoms with E-state index in [2.05, 4.69) is 69.4 Å². The molecular formula is C20H21ClN4O. The van der Waals surface area contributed by atoms with Crippen LogP contribution in [0.1, 0.15) is 12.5 Å². The van der Waals surface area contributed by atoms with Crippen molar-refractivity contribution in [2.75, 3.05) is 24.5 Å². The quantitative estimate of drug-likeness (QED) is 0.770. The highest BCUT2D eigenvalue weighted by Crippen LogP contribution is 2.26. The van der Waals surface area contributed by atoms with Crippen molar-refractivity contribution in [1.29, 1.82) is 0 Å². The van der Waals surface area contributed by atoms with Gasteiger partial charge in [0.15, 0.2) is 0 Å². The number of nitrogens with zero attached hydrogens (tertiary/aromatic N) is 3. The van der Waals surface area contributed by atoms with Crippen molar-refractivity contribution in [2.24, 2.45) is 0 Å². The lowest BCUT2D eigenvalue weighted by Gasteiger charge is -2.41. The molecular weight excluding hydrogens is 348 g/mol. The first-order chi connectivity index (χ1) is 12.6. The largest absolute Gasteiger partial charge is 0.364 e. The number of aromatic nitrogens is 2. The lowest BCUT2D eigenvalue weighted by Crippen LogP contribution is -2.52. The van der Waals surface area contributed by atoms with E-state index in [-0.39, 0.29) is 16.6 Å². The summed E-state index contributed by atoms with van der Waals surface area (Å²) in [5.74, 6) is 0. The third-order valence-electron chi connectivity index (χ3n) is 5.07. The van der Waals surface area contributed by atoms with E-state index in [1.165, 1.54) is 16.3 Å². The average Bonchev–Trinajstić information content (AvgIpc) is 2.65. The molecule has 0 amide bonds. The standard InChI is InChI=1S/C20H21ClN4O/c1-14-12-24(9-10-25(14)18-11-22-23-20(26)19(18)21)13-16-7-4-6-15-5-2-3-8-17(15)16/h2-8,11,14H,9-10,12-13H2,1H3,(H,23,26)/t14-/m1/s1. The van der Waals surface area contributed by atoms with E-state index in [1.54, 1.807) is 6.20 Å². The molecule has 0 spiro atoms. The Morgan fingerprint density at radius 1 is 1.19 bits per heavy atom. The van der Waals surface area contributed by atoms with Crippen molar-refractivity contribution < 1.29 is 0 Å². The zero-order chi connectivity index (χ0) is 18.1. The Labute approximate surface area is 157 Å². The zero-order valence-electron chi connectivity index (χ0n) is 14.7. The van der Waals surface area contributed by atoms with Crippen LogP contribution >= 0.6 is 11.6 Å². The highest BCUT2D eigenvalue weighted by molar-refractivity contribution is 6.33. The first-order valence-corrected chi connectivity index (χ1v) is 9.20. The van der Waals surface area contributed by atoms with Gasteiger partial charge in [0.2, 0.25) is 0 Å². The highest BCUT2D eigenvalue weighted by Gasteiger charge is 2.26. The first kappa shape index (κ1) is 17.1. The van der Waals surface area contributed by atoms with Crippen LogP contribution in [0.2, 0.25) is 5.02 Å². The summed E-state index contributed by atoms with van der Waals surface area (Å²) >= 11 is 6.18. The molecule has 0 bridgehead atoms. The van der Waals surface area contributed by atoms with Gasteiger partial charge in [-0.25, -0.2) is 5.10 Å². The molecule has 0 unspecified atom stereocenters. The van der Waals surface area contributed by atoms with Crippen LogP contribution in [-0.4, -0.2) is 40.8 Å². The number of halogens is 1. The maximum absolute atomic E-state index is 11.7. The SMILES string of the molecule is C[C@@H]1CN(Cc2cccc3ccccc23)CCN1c1cn[nH]c(=O)c1Cl. The average molecular weight is 369 g/mol. The van der Waals surface area contributed by atoms with Crippen molar-refractivity contribution in [3.63, 3.8) is 0 Å². The van der Waals surface area contributed by atoms with Gasteiger partial charge in [-0.1, -0.05) is 54.1 Å². The third-order valence-corrected chi connectivity index (χ3v) is 5.44. The highest BCUT2D eigenvalue weighted by atomic mass is 35.5. The molecule has 1 saturated heterocycles. The summed E-state index contributed by atoms with van der Waals surface area (Å²) in [5, 5.41) is 9.08. The van der Waals surface area contributed by atoms with Gasteiger partial charge in [0.25, 0.3) is 5.56 Å². The predicted octanol–water partition coefficient (Wildman–Crippen LogP) is 3.29. The summed E-state index contributed by atoms with van der Waals surface area (Å²) in [6.07, 6.45) is 1.64. The van der Waals surface area contributed by atoms with Gasteiger partial charge < -0.3 is 4.90 Å². The summed E-state index contributed by atoms with van der Waals surface area (Å²) < 4.78 is 0. The second-order valence-electron chi connectivity index (χ2n) is 6.81. The number of aromatic amines is 1. The second-order valence-corrected chi connectivity index (χ2v) is 7.19. The predicted molar refractivity (Wildman–Crippen MR) is 106 cm³/mol. The van der Waals surface area contributed by atoms with E-state index in [1.807, 2.05) is 0 Å². The van der Waals surface area contributed by atoms with E-state index < -0.39 is 0 Å². The fourth-order valence-electron chi connectivity index (χ4n) is 3.78. The lowest BCUT2D eigenvalue weighted by molar-refractivity contribution is 0.221. The molecule has 2 heterocycles. The molecule has 26 heavy (non-hydrogen) atoms. The van der Waals surface area contributed by atoms with Gasteiger partial charge in [-0.05, 0) is 23.3 Å². The second kappa shape index (κ2) is 7.09. The molecule has 1 aliphatic heterocycles. The molecule has 1 fully saturated rings. The minimum atomic E-state index is -0.338. The minimum absolute atomic E-state index is 0.217. The Bertz CT molecular complexity index is 981. The van der Waals surface area contributed by atoms with Crippen LogP contribution in [0.3, 0.4) is 0 Å². The Kier molecular flexibility index (Phi) is 4.66. The van der Waals surface area contributed by atoms with Crippen LogP contribution in [-0.2, 0) is 6.54 Å². The van der Waals surface area contributed by atoms with E-state index in [0.29, 0.717) is 5.69 Å². The summed E-state index contributed by atoms with van der Waals surface area (Å²) in [7, 11) is 0. The molecule has 1 atom stereocenters. The molecule has 0 saturated carbocycles.